The summed E-state index contributed by atoms with van der Waals surface area (Å²) in [7, 11) is 1.53. The Bertz CT molecular complexity index is 489. The summed E-state index contributed by atoms with van der Waals surface area (Å²) in [5.74, 6) is -7.38. The van der Waals surface area contributed by atoms with Crippen LogP contribution in [0.4, 0.5) is 17.6 Å². The van der Waals surface area contributed by atoms with E-state index in [-0.39, 0.29) is 19.1 Å². The highest BCUT2D eigenvalue weighted by atomic mass is 19.2. The smallest absolute Gasteiger partial charge is 0.203 e. The van der Waals surface area contributed by atoms with Gasteiger partial charge in [0.25, 0.3) is 0 Å². The van der Waals surface area contributed by atoms with Crippen molar-refractivity contribution in [1.82, 2.24) is 5.32 Å². The number of halogens is 4. The summed E-state index contributed by atoms with van der Waals surface area (Å²) in [5, 5.41) is 11.5. The van der Waals surface area contributed by atoms with E-state index in [2.05, 4.69) is 5.32 Å². The molecule has 1 unspecified atom stereocenters. The Balaban J connectivity index is 2.83. The molecule has 0 aliphatic rings. The first kappa shape index (κ1) is 15.2. The summed E-state index contributed by atoms with van der Waals surface area (Å²) in [6, 6.07) is 2.04. The topological polar surface area (TPSA) is 45.0 Å². The summed E-state index contributed by atoms with van der Waals surface area (Å²) in [4.78, 5) is 0. The van der Waals surface area contributed by atoms with Gasteiger partial charge >= 0.3 is 0 Å². The standard InChI is InChI=1S/C12H12F4N2O/c1-12(6-17,18-2)3-4-19-11-9(15)7(13)5-8(14)10(11)16/h5,18H,3-4H2,1-2H3. The van der Waals surface area contributed by atoms with Crippen LogP contribution in [0.3, 0.4) is 0 Å². The molecule has 19 heavy (non-hydrogen) atoms. The predicted octanol–water partition coefficient (Wildman–Crippen LogP) is 2.51. The summed E-state index contributed by atoms with van der Waals surface area (Å²) in [5.41, 5.74) is -0.960. The summed E-state index contributed by atoms with van der Waals surface area (Å²) >= 11 is 0. The first-order chi connectivity index (χ1) is 8.84. The highest BCUT2D eigenvalue weighted by Gasteiger charge is 2.24. The van der Waals surface area contributed by atoms with Gasteiger partial charge in [-0.25, -0.2) is 8.78 Å². The Hall–Kier alpha value is -1.81. The van der Waals surface area contributed by atoms with Crippen LogP contribution >= 0.6 is 0 Å². The van der Waals surface area contributed by atoms with Crippen molar-refractivity contribution in [1.29, 1.82) is 5.26 Å². The van der Waals surface area contributed by atoms with Crippen molar-refractivity contribution in [3.05, 3.63) is 29.3 Å². The van der Waals surface area contributed by atoms with Gasteiger partial charge in [0, 0.05) is 12.5 Å². The molecule has 1 rings (SSSR count). The van der Waals surface area contributed by atoms with E-state index in [1.54, 1.807) is 6.92 Å². The Morgan fingerprint density at radius 2 is 1.79 bits per heavy atom. The molecular weight excluding hydrogens is 264 g/mol. The highest BCUT2D eigenvalue weighted by molar-refractivity contribution is 5.28. The van der Waals surface area contributed by atoms with Gasteiger partial charge in [-0.1, -0.05) is 0 Å². The SMILES string of the molecule is CNC(C)(C#N)CCOc1c(F)c(F)cc(F)c1F. The number of benzene rings is 1. The largest absolute Gasteiger partial charge is 0.487 e. The molecule has 0 bridgehead atoms. The second kappa shape index (κ2) is 5.89. The summed E-state index contributed by atoms with van der Waals surface area (Å²) in [6.07, 6.45) is 0.0804. The number of hydrogen-bond acceptors (Lipinski definition) is 3. The van der Waals surface area contributed by atoms with Gasteiger partial charge in [0.15, 0.2) is 17.4 Å². The van der Waals surface area contributed by atoms with Crippen LogP contribution in [0.5, 0.6) is 5.75 Å². The van der Waals surface area contributed by atoms with Crippen molar-refractivity contribution in [2.24, 2.45) is 0 Å². The van der Waals surface area contributed by atoms with Gasteiger partial charge < -0.3 is 10.1 Å². The van der Waals surface area contributed by atoms with Crippen LogP contribution in [0.15, 0.2) is 6.07 Å². The summed E-state index contributed by atoms with van der Waals surface area (Å²) in [6.45, 7) is 1.27. The van der Waals surface area contributed by atoms with Crippen molar-refractivity contribution in [2.75, 3.05) is 13.7 Å². The van der Waals surface area contributed by atoms with Crippen LogP contribution in [-0.4, -0.2) is 19.2 Å². The molecular formula is C12H12F4N2O. The molecule has 0 aliphatic carbocycles. The third kappa shape index (κ3) is 3.35. The lowest BCUT2D eigenvalue weighted by Crippen LogP contribution is -2.39. The first-order valence-corrected chi connectivity index (χ1v) is 5.40. The lowest BCUT2D eigenvalue weighted by molar-refractivity contribution is 0.242. The molecule has 0 spiro atoms. The Labute approximate surface area is 107 Å². The minimum atomic E-state index is -1.60. The average Bonchev–Trinajstić information content (AvgIpc) is 2.40. The van der Waals surface area contributed by atoms with Crippen molar-refractivity contribution in [3.8, 4) is 11.8 Å². The van der Waals surface area contributed by atoms with Gasteiger partial charge in [0.1, 0.15) is 5.54 Å². The van der Waals surface area contributed by atoms with E-state index >= 15 is 0 Å². The molecule has 1 atom stereocenters. The monoisotopic (exact) mass is 276 g/mol. The van der Waals surface area contributed by atoms with Gasteiger partial charge in [0.2, 0.25) is 11.6 Å². The number of nitrogens with zero attached hydrogens (tertiary/aromatic N) is 1. The molecule has 0 amide bonds. The average molecular weight is 276 g/mol. The van der Waals surface area contributed by atoms with Crippen molar-refractivity contribution in [2.45, 2.75) is 18.9 Å². The maximum Gasteiger partial charge on any atom is 0.203 e. The second-order valence-electron chi connectivity index (χ2n) is 4.09. The third-order valence-electron chi connectivity index (χ3n) is 2.72. The van der Waals surface area contributed by atoms with Gasteiger partial charge in [0.05, 0.1) is 12.7 Å². The normalized spacial score (nSPS) is 13.7. The number of rotatable bonds is 5. The van der Waals surface area contributed by atoms with E-state index in [4.69, 9.17) is 10.00 Å². The first-order valence-electron chi connectivity index (χ1n) is 5.40. The molecule has 3 nitrogen and oxygen atoms in total. The highest BCUT2D eigenvalue weighted by Crippen LogP contribution is 2.26. The number of ether oxygens (including phenoxy) is 1. The number of nitrogens with one attached hydrogen (secondary N) is 1. The molecule has 104 valence electrons. The molecule has 0 aromatic heterocycles. The molecule has 0 heterocycles. The van der Waals surface area contributed by atoms with Crippen LogP contribution in [0.25, 0.3) is 0 Å². The predicted molar refractivity (Wildman–Crippen MR) is 59.5 cm³/mol. The Morgan fingerprint density at radius 3 is 2.21 bits per heavy atom. The lowest BCUT2D eigenvalue weighted by atomic mass is 10.0. The van der Waals surface area contributed by atoms with Gasteiger partial charge in [-0.3, -0.25) is 0 Å². The van der Waals surface area contributed by atoms with E-state index in [1.165, 1.54) is 7.05 Å². The zero-order chi connectivity index (χ0) is 14.6. The molecule has 1 aromatic carbocycles. The van der Waals surface area contributed by atoms with Crippen LogP contribution in [0.1, 0.15) is 13.3 Å². The van der Waals surface area contributed by atoms with E-state index in [1.807, 2.05) is 6.07 Å². The molecule has 0 radical (unpaired) electrons. The van der Waals surface area contributed by atoms with Crippen molar-refractivity contribution < 1.29 is 22.3 Å². The van der Waals surface area contributed by atoms with E-state index < -0.39 is 34.6 Å². The van der Waals surface area contributed by atoms with Gasteiger partial charge in [-0.2, -0.15) is 14.0 Å². The fourth-order valence-electron chi connectivity index (χ4n) is 1.27. The number of hydrogen-bond donors (Lipinski definition) is 1. The molecule has 1 N–H and O–H groups in total. The molecule has 0 saturated heterocycles. The maximum absolute atomic E-state index is 13.2. The second-order valence-corrected chi connectivity index (χ2v) is 4.09. The van der Waals surface area contributed by atoms with Crippen LogP contribution in [-0.2, 0) is 0 Å². The molecule has 0 saturated carbocycles. The summed E-state index contributed by atoms with van der Waals surface area (Å²) < 4.78 is 57.0. The quantitative estimate of drug-likeness (QED) is 0.664. The maximum atomic E-state index is 13.2. The fraction of sp³-hybridized carbons (Fsp3) is 0.417. The minimum Gasteiger partial charge on any atom is -0.487 e. The fourth-order valence-corrected chi connectivity index (χ4v) is 1.27. The lowest BCUT2D eigenvalue weighted by Gasteiger charge is -2.20. The van der Waals surface area contributed by atoms with E-state index in [0.29, 0.717) is 0 Å². The molecule has 0 aliphatic heterocycles. The Kier molecular flexibility index (Phi) is 4.72. The molecule has 1 aromatic rings. The third-order valence-corrected chi connectivity index (χ3v) is 2.72. The van der Waals surface area contributed by atoms with Crippen molar-refractivity contribution >= 4 is 0 Å². The van der Waals surface area contributed by atoms with Crippen molar-refractivity contribution in [3.63, 3.8) is 0 Å². The zero-order valence-corrected chi connectivity index (χ0v) is 10.4. The van der Waals surface area contributed by atoms with Crippen LogP contribution < -0.4 is 10.1 Å². The van der Waals surface area contributed by atoms with E-state index in [0.717, 1.165) is 0 Å². The van der Waals surface area contributed by atoms with Crippen LogP contribution in [0, 0.1) is 34.6 Å². The van der Waals surface area contributed by atoms with E-state index in [9.17, 15) is 17.6 Å². The minimum absolute atomic E-state index is 0.0804. The van der Waals surface area contributed by atoms with Crippen LogP contribution in [0.2, 0.25) is 0 Å². The van der Waals surface area contributed by atoms with Gasteiger partial charge in [-0.05, 0) is 14.0 Å². The molecule has 7 heteroatoms. The zero-order valence-electron chi connectivity index (χ0n) is 10.4. The number of nitriles is 1. The Morgan fingerprint density at radius 1 is 1.26 bits per heavy atom. The van der Waals surface area contributed by atoms with Gasteiger partial charge in [-0.15, -0.1) is 0 Å². The molecule has 0 fully saturated rings.